The third-order valence-electron chi connectivity index (χ3n) is 8.92. The molecule has 3 aliphatic rings. The molecule has 2 aromatic rings. The second-order valence-electron chi connectivity index (χ2n) is 12.4. The number of piperidine rings is 1. The van der Waals surface area contributed by atoms with Gasteiger partial charge in [0.1, 0.15) is 23.4 Å². The summed E-state index contributed by atoms with van der Waals surface area (Å²) in [6.07, 6.45) is 1.35. The topological polar surface area (TPSA) is 134 Å². The van der Waals surface area contributed by atoms with Crippen molar-refractivity contribution in [1.82, 2.24) is 25.1 Å². The van der Waals surface area contributed by atoms with Gasteiger partial charge in [0.2, 0.25) is 5.91 Å². The summed E-state index contributed by atoms with van der Waals surface area (Å²) in [5.41, 5.74) is 0.610. The molecule has 1 saturated carbocycles. The highest BCUT2D eigenvalue weighted by molar-refractivity contribution is 5.97. The molecule has 1 aromatic heterocycles. The summed E-state index contributed by atoms with van der Waals surface area (Å²) in [7, 11) is 0. The predicted molar refractivity (Wildman–Crippen MR) is 167 cm³/mol. The second kappa shape index (κ2) is 14.4. The Morgan fingerprint density at radius 1 is 0.957 bits per heavy atom. The summed E-state index contributed by atoms with van der Waals surface area (Å²) in [5.74, 6) is -0.626. The van der Waals surface area contributed by atoms with Crippen LogP contribution in [-0.4, -0.2) is 102 Å². The van der Waals surface area contributed by atoms with Crippen LogP contribution in [0, 0.1) is 29.5 Å². The Labute approximate surface area is 268 Å². The normalized spacial score (nSPS) is 21.1. The van der Waals surface area contributed by atoms with Crippen LogP contribution in [0.4, 0.5) is 15.0 Å². The molecule has 4 atom stereocenters. The highest BCUT2D eigenvalue weighted by atomic mass is 19.1. The Balaban J connectivity index is 1.29. The molecule has 46 heavy (non-hydrogen) atoms. The molecule has 0 radical (unpaired) electrons. The van der Waals surface area contributed by atoms with Crippen LogP contribution in [0.25, 0.3) is 11.4 Å². The van der Waals surface area contributed by atoms with Crippen LogP contribution in [0.2, 0.25) is 0 Å². The van der Waals surface area contributed by atoms with Gasteiger partial charge >= 0.3 is 12.1 Å². The van der Waals surface area contributed by atoms with E-state index in [2.05, 4.69) is 10.3 Å². The number of fused-ring (bicyclic) bond motifs is 1. The third kappa shape index (κ3) is 7.39. The number of aromatic nitrogens is 2. The van der Waals surface area contributed by atoms with E-state index >= 15 is 0 Å². The van der Waals surface area contributed by atoms with Crippen LogP contribution < -0.4 is 10.2 Å². The number of piperazine rings is 1. The van der Waals surface area contributed by atoms with Crippen LogP contribution in [0.1, 0.15) is 51.0 Å². The van der Waals surface area contributed by atoms with Crippen molar-refractivity contribution in [2.75, 3.05) is 57.4 Å². The number of hydrogen-bond acceptors (Lipinski definition) is 9. The fraction of sp³-hybridized carbons (Fsp3) is 0.576. The van der Waals surface area contributed by atoms with Gasteiger partial charge in [-0.2, -0.15) is 0 Å². The van der Waals surface area contributed by atoms with E-state index in [0.717, 1.165) is 12.8 Å². The maximum absolute atomic E-state index is 13.7. The average molecular weight is 639 g/mol. The molecule has 2 saturated heterocycles. The number of benzene rings is 1. The molecule has 5 rings (SSSR count). The predicted octanol–water partition coefficient (Wildman–Crippen LogP) is 3.36. The Bertz CT molecular complexity index is 1420. The van der Waals surface area contributed by atoms with Crippen molar-refractivity contribution >= 4 is 29.7 Å². The van der Waals surface area contributed by atoms with Gasteiger partial charge in [0.25, 0.3) is 5.91 Å². The van der Waals surface area contributed by atoms with Crippen LogP contribution in [-0.2, 0) is 19.1 Å². The highest BCUT2D eigenvalue weighted by Crippen LogP contribution is 2.53. The lowest BCUT2D eigenvalue weighted by atomic mass is 10.0. The minimum atomic E-state index is -0.826. The molecule has 0 unspecified atom stereocenters. The van der Waals surface area contributed by atoms with E-state index in [4.69, 9.17) is 14.5 Å². The molecule has 12 nitrogen and oxygen atoms in total. The molecule has 0 spiro atoms. The molecule has 3 heterocycles. The average Bonchev–Trinajstić information content (AvgIpc) is 3.56. The lowest BCUT2D eigenvalue weighted by molar-refractivity contribution is -0.145. The SMILES string of the molecule is CCCCOC(=O)N1CCN(C(=O)[C@@H](NC(=O)c2cc(N3C[C@@H]4[C@H](C3)[C@@H]4C(=O)OCC)nc(-c3ccc(F)cc3)n2)C(C)C)CC1. The lowest BCUT2D eigenvalue weighted by Gasteiger charge is -2.36. The number of amides is 3. The third-order valence-corrected chi connectivity index (χ3v) is 8.92. The van der Waals surface area contributed by atoms with E-state index < -0.39 is 17.8 Å². The van der Waals surface area contributed by atoms with Gasteiger partial charge in [0.15, 0.2) is 5.82 Å². The van der Waals surface area contributed by atoms with Crippen molar-refractivity contribution in [3.05, 3.63) is 41.8 Å². The standard InChI is InChI=1S/C33H43FN6O6/c1-5-7-16-46-33(44)39-14-12-38(13-15-39)31(42)28(20(3)4)37-30(41)25-17-26(36-29(35-25)21-8-10-22(34)11-9-21)40-18-23-24(19-40)27(23)32(43)45-6-2/h8-11,17,20,23-24,27-28H,5-7,12-16,18-19H2,1-4H3,(H,37,41)/t23-,24+,27-,28-/m0/s1. The van der Waals surface area contributed by atoms with Gasteiger partial charge in [-0.05, 0) is 55.4 Å². The quantitative estimate of drug-likeness (QED) is 0.291. The van der Waals surface area contributed by atoms with E-state index in [1.165, 1.54) is 12.1 Å². The van der Waals surface area contributed by atoms with Gasteiger partial charge < -0.3 is 29.5 Å². The van der Waals surface area contributed by atoms with Crippen molar-refractivity contribution in [2.24, 2.45) is 23.7 Å². The molecule has 3 fully saturated rings. The zero-order valence-electron chi connectivity index (χ0n) is 26.9. The van der Waals surface area contributed by atoms with Crippen LogP contribution >= 0.6 is 0 Å². The summed E-state index contributed by atoms with van der Waals surface area (Å²) in [6.45, 7) is 10.8. The molecular formula is C33H43FN6O6. The monoisotopic (exact) mass is 638 g/mol. The summed E-state index contributed by atoms with van der Waals surface area (Å²) in [5, 5.41) is 2.89. The molecule has 2 aliphatic heterocycles. The van der Waals surface area contributed by atoms with Crippen molar-refractivity contribution in [2.45, 2.75) is 46.6 Å². The number of hydrogen-bond donors (Lipinski definition) is 1. The van der Waals surface area contributed by atoms with Gasteiger partial charge in [-0.3, -0.25) is 14.4 Å². The number of ether oxygens (including phenoxy) is 2. The Morgan fingerprint density at radius 2 is 1.61 bits per heavy atom. The number of esters is 1. The Kier molecular flexibility index (Phi) is 10.4. The molecule has 1 N–H and O–H groups in total. The first-order chi connectivity index (χ1) is 22.1. The first-order valence-corrected chi connectivity index (χ1v) is 16.2. The molecular weight excluding hydrogens is 595 g/mol. The summed E-state index contributed by atoms with van der Waals surface area (Å²) in [4.78, 5) is 66.5. The van der Waals surface area contributed by atoms with Gasteiger partial charge in [-0.25, -0.2) is 19.2 Å². The van der Waals surface area contributed by atoms with Gasteiger partial charge in [0.05, 0.1) is 19.1 Å². The van der Waals surface area contributed by atoms with E-state index in [1.54, 1.807) is 34.9 Å². The number of carbonyl (C=O) groups excluding carboxylic acids is 4. The number of unbranched alkanes of at least 4 members (excludes halogenated alkanes) is 1. The number of nitrogens with zero attached hydrogens (tertiary/aromatic N) is 5. The first-order valence-electron chi connectivity index (χ1n) is 16.2. The van der Waals surface area contributed by atoms with Crippen molar-refractivity contribution in [3.8, 4) is 11.4 Å². The molecule has 13 heteroatoms. The smallest absolute Gasteiger partial charge is 0.409 e. The summed E-state index contributed by atoms with van der Waals surface area (Å²) < 4.78 is 24.2. The minimum absolute atomic E-state index is 0.0740. The van der Waals surface area contributed by atoms with E-state index in [9.17, 15) is 23.6 Å². The lowest BCUT2D eigenvalue weighted by Crippen LogP contribution is -2.57. The maximum Gasteiger partial charge on any atom is 0.409 e. The van der Waals surface area contributed by atoms with Crippen molar-refractivity contribution in [1.29, 1.82) is 0 Å². The zero-order chi connectivity index (χ0) is 33.0. The van der Waals surface area contributed by atoms with Crippen molar-refractivity contribution in [3.63, 3.8) is 0 Å². The fourth-order valence-electron chi connectivity index (χ4n) is 6.17. The van der Waals surface area contributed by atoms with Gasteiger partial charge in [-0.15, -0.1) is 0 Å². The number of halogens is 1. The number of carbonyl (C=O) groups is 4. The highest BCUT2D eigenvalue weighted by Gasteiger charge is 2.60. The fourth-order valence-corrected chi connectivity index (χ4v) is 6.17. The number of nitrogens with one attached hydrogen (secondary N) is 1. The van der Waals surface area contributed by atoms with Crippen LogP contribution in [0.15, 0.2) is 30.3 Å². The zero-order valence-corrected chi connectivity index (χ0v) is 26.9. The molecule has 248 valence electrons. The van der Waals surface area contributed by atoms with Crippen LogP contribution in [0.5, 0.6) is 0 Å². The van der Waals surface area contributed by atoms with E-state index in [0.29, 0.717) is 63.9 Å². The summed E-state index contributed by atoms with van der Waals surface area (Å²) >= 11 is 0. The minimum Gasteiger partial charge on any atom is -0.466 e. The van der Waals surface area contributed by atoms with E-state index in [-0.39, 0.29) is 53.2 Å². The van der Waals surface area contributed by atoms with Gasteiger partial charge in [0, 0.05) is 50.9 Å². The molecule has 3 amide bonds. The number of anilines is 1. The first kappa shape index (κ1) is 33.1. The van der Waals surface area contributed by atoms with E-state index in [1.807, 2.05) is 25.7 Å². The largest absolute Gasteiger partial charge is 0.466 e. The Hall–Kier alpha value is -4.29. The summed E-state index contributed by atoms with van der Waals surface area (Å²) in [6, 6.07) is 6.48. The van der Waals surface area contributed by atoms with Crippen LogP contribution in [0.3, 0.4) is 0 Å². The molecule has 0 bridgehead atoms. The van der Waals surface area contributed by atoms with Gasteiger partial charge in [-0.1, -0.05) is 27.2 Å². The number of rotatable bonds is 11. The van der Waals surface area contributed by atoms with Crippen molar-refractivity contribution < 1.29 is 33.0 Å². The second-order valence-corrected chi connectivity index (χ2v) is 12.4. The molecule has 1 aromatic carbocycles. The molecule has 1 aliphatic carbocycles. The Morgan fingerprint density at radius 3 is 2.22 bits per heavy atom. The maximum atomic E-state index is 13.7.